The minimum Gasteiger partial charge on any atom is -0.490 e. The van der Waals surface area contributed by atoms with E-state index in [9.17, 15) is 0 Å². The summed E-state index contributed by atoms with van der Waals surface area (Å²) in [5, 5.41) is 0.905. The van der Waals surface area contributed by atoms with Gasteiger partial charge in [-0.3, -0.25) is 0 Å². The lowest BCUT2D eigenvalue weighted by molar-refractivity contribution is 0.361. The highest BCUT2D eigenvalue weighted by atomic mass is 79.9. The molecule has 0 radical (unpaired) electrons. The Labute approximate surface area is 143 Å². The van der Waals surface area contributed by atoms with Crippen LogP contribution in [0.25, 0.3) is 6.08 Å². The van der Waals surface area contributed by atoms with Crippen LogP contribution in [0.1, 0.15) is 46.1 Å². The molecule has 0 aliphatic heterocycles. The molecule has 0 amide bonds. The Balaban J connectivity index is 2.43. The summed E-state index contributed by atoms with van der Waals surface area (Å²) in [5.74, 6) is 0.919. The molecule has 0 spiro atoms. The molecule has 0 aliphatic carbocycles. The third-order valence-electron chi connectivity index (χ3n) is 3.28. The fourth-order valence-electron chi connectivity index (χ4n) is 1.95. The predicted molar refractivity (Wildman–Crippen MR) is 102 cm³/mol. The quantitative estimate of drug-likeness (QED) is 0.376. The third kappa shape index (κ3) is 8.23. The largest absolute Gasteiger partial charge is 0.490 e. The van der Waals surface area contributed by atoms with Gasteiger partial charge in [0.05, 0.1) is 0 Å². The van der Waals surface area contributed by atoms with Gasteiger partial charge in [0.1, 0.15) is 12.4 Å². The van der Waals surface area contributed by atoms with Gasteiger partial charge < -0.3 is 4.74 Å². The lowest BCUT2D eigenvalue weighted by Crippen LogP contribution is -1.94. The molecule has 120 valence electrons. The van der Waals surface area contributed by atoms with Gasteiger partial charge in [0, 0.05) is 5.33 Å². The zero-order valence-corrected chi connectivity index (χ0v) is 15.7. The normalized spacial score (nSPS) is 12.2. The summed E-state index contributed by atoms with van der Waals surface area (Å²) in [7, 11) is 0. The molecular formula is C20H27BrO. The van der Waals surface area contributed by atoms with Crippen LogP contribution in [0.5, 0.6) is 5.75 Å². The van der Waals surface area contributed by atoms with Crippen molar-refractivity contribution in [2.75, 3.05) is 11.9 Å². The molecule has 1 aromatic rings. The van der Waals surface area contributed by atoms with E-state index < -0.39 is 0 Å². The summed E-state index contributed by atoms with van der Waals surface area (Å²) >= 11 is 3.46. The van der Waals surface area contributed by atoms with E-state index in [1.54, 1.807) is 0 Å². The van der Waals surface area contributed by atoms with Crippen molar-refractivity contribution in [1.82, 2.24) is 0 Å². The average molecular weight is 363 g/mol. The molecule has 1 aromatic carbocycles. The van der Waals surface area contributed by atoms with Crippen LogP contribution in [-0.2, 0) is 0 Å². The van der Waals surface area contributed by atoms with Crippen LogP contribution in [-0.4, -0.2) is 11.9 Å². The highest BCUT2D eigenvalue weighted by Crippen LogP contribution is 2.15. The molecule has 0 N–H and O–H groups in total. The predicted octanol–water partition coefficient (Wildman–Crippen LogP) is 6.56. The van der Waals surface area contributed by atoms with Gasteiger partial charge in [-0.25, -0.2) is 0 Å². The van der Waals surface area contributed by atoms with Gasteiger partial charge >= 0.3 is 0 Å². The van der Waals surface area contributed by atoms with Gasteiger partial charge in [-0.1, -0.05) is 56.9 Å². The van der Waals surface area contributed by atoms with Crippen LogP contribution in [0.4, 0.5) is 0 Å². The fraction of sp³-hybridized carbons (Fsp3) is 0.400. The Hall–Kier alpha value is -1.28. The second-order valence-electron chi connectivity index (χ2n) is 5.87. The van der Waals surface area contributed by atoms with Crippen molar-refractivity contribution < 1.29 is 4.74 Å². The van der Waals surface area contributed by atoms with Crippen molar-refractivity contribution >= 4 is 22.0 Å². The lowest BCUT2D eigenvalue weighted by atomic mass is 10.1. The van der Waals surface area contributed by atoms with E-state index in [0.29, 0.717) is 6.61 Å². The SMILES string of the molecule is CC(C)=CCC/C(C)=C/COc1ccc(/C=C(/C)CBr)cc1. The molecule has 0 unspecified atom stereocenters. The molecule has 0 atom stereocenters. The molecule has 2 heteroatoms. The first-order valence-corrected chi connectivity index (χ1v) is 8.88. The maximum Gasteiger partial charge on any atom is 0.119 e. The van der Waals surface area contributed by atoms with Crippen LogP contribution in [0.15, 0.2) is 53.1 Å². The first-order valence-electron chi connectivity index (χ1n) is 7.76. The van der Waals surface area contributed by atoms with Crippen LogP contribution in [0.2, 0.25) is 0 Å². The van der Waals surface area contributed by atoms with E-state index in [1.165, 1.54) is 22.3 Å². The number of alkyl halides is 1. The Kier molecular flexibility index (Phi) is 8.91. The number of ether oxygens (including phenoxy) is 1. The van der Waals surface area contributed by atoms with Gasteiger partial charge in [-0.2, -0.15) is 0 Å². The van der Waals surface area contributed by atoms with Crippen molar-refractivity contribution in [3.05, 3.63) is 58.7 Å². The van der Waals surface area contributed by atoms with E-state index in [0.717, 1.165) is 23.9 Å². The van der Waals surface area contributed by atoms with E-state index in [1.807, 2.05) is 12.1 Å². The molecule has 1 nitrogen and oxygen atoms in total. The van der Waals surface area contributed by atoms with E-state index in [-0.39, 0.29) is 0 Å². The van der Waals surface area contributed by atoms with Crippen molar-refractivity contribution in [3.63, 3.8) is 0 Å². The molecular weight excluding hydrogens is 336 g/mol. The van der Waals surface area contributed by atoms with Crippen molar-refractivity contribution in [2.45, 2.75) is 40.5 Å². The smallest absolute Gasteiger partial charge is 0.119 e. The first-order chi connectivity index (χ1) is 10.5. The topological polar surface area (TPSA) is 9.23 Å². The molecule has 0 aromatic heterocycles. The molecule has 0 bridgehead atoms. The molecule has 0 saturated heterocycles. The van der Waals surface area contributed by atoms with Gasteiger partial charge in [-0.15, -0.1) is 0 Å². The van der Waals surface area contributed by atoms with Crippen molar-refractivity contribution in [2.24, 2.45) is 0 Å². The van der Waals surface area contributed by atoms with Gasteiger partial charge in [0.2, 0.25) is 0 Å². The number of hydrogen-bond acceptors (Lipinski definition) is 1. The van der Waals surface area contributed by atoms with E-state index in [2.05, 4.69) is 74.0 Å². The summed E-state index contributed by atoms with van der Waals surface area (Å²) in [5.41, 5.74) is 5.28. The first kappa shape index (κ1) is 18.8. The van der Waals surface area contributed by atoms with Gasteiger partial charge in [0.15, 0.2) is 0 Å². The highest BCUT2D eigenvalue weighted by molar-refractivity contribution is 9.09. The van der Waals surface area contributed by atoms with Crippen LogP contribution < -0.4 is 4.74 Å². The Morgan fingerprint density at radius 3 is 2.27 bits per heavy atom. The molecule has 0 saturated carbocycles. The molecule has 0 fully saturated rings. The third-order valence-corrected chi connectivity index (χ3v) is 4.16. The van der Waals surface area contributed by atoms with Crippen molar-refractivity contribution in [1.29, 1.82) is 0 Å². The van der Waals surface area contributed by atoms with E-state index in [4.69, 9.17) is 4.74 Å². The van der Waals surface area contributed by atoms with Crippen LogP contribution >= 0.6 is 15.9 Å². The monoisotopic (exact) mass is 362 g/mol. The van der Waals surface area contributed by atoms with Gasteiger partial charge in [-0.05, 0) is 64.3 Å². The average Bonchev–Trinajstić information content (AvgIpc) is 2.48. The second kappa shape index (κ2) is 10.4. The summed E-state index contributed by atoms with van der Waals surface area (Å²) in [6.07, 6.45) is 8.83. The van der Waals surface area contributed by atoms with E-state index >= 15 is 0 Å². The highest BCUT2D eigenvalue weighted by Gasteiger charge is 1.95. The minimum absolute atomic E-state index is 0.635. The molecule has 22 heavy (non-hydrogen) atoms. The number of rotatable bonds is 8. The van der Waals surface area contributed by atoms with Crippen molar-refractivity contribution in [3.8, 4) is 5.75 Å². The molecule has 0 heterocycles. The van der Waals surface area contributed by atoms with Gasteiger partial charge in [0.25, 0.3) is 0 Å². The fourth-order valence-corrected chi connectivity index (χ4v) is 2.12. The Bertz CT molecular complexity index is 531. The molecule has 1 rings (SSSR count). The zero-order valence-electron chi connectivity index (χ0n) is 14.2. The number of halogens is 1. The number of hydrogen-bond donors (Lipinski definition) is 0. The zero-order chi connectivity index (χ0) is 16.4. The van der Waals surface area contributed by atoms with Crippen LogP contribution in [0.3, 0.4) is 0 Å². The minimum atomic E-state index is 0.635. The number of benzene rings is 1. The maximum atomic E-state index is 5.77. The summed E-state index contributed by atoms with van der Waals surface area (Å²) in [6.45, 7) is 9.19. The summed E-state index contributed by atoms with van der Waals surface area (Å²) < 4.78 is 5.77. The Morgan fingerprint density at radius 2 is 1.68 bits per heavy atom. The second-order valence-corrected chi connectivity index (χ2v) is 6.44. The number of allylic oxidation sites excluding steroid dienone is 4. The van der Waals surface area contributed by atoms with Crippen LogP contribution in [0, 0.1) is 0 Å². The lowest BCUT2D eigenvalue weighted by Gasteiger charge is -2.05. The Morgan fingerprint density at radius 1 is 1.00 bits per heavy atom. The maximum absolute atomic E-state index is 5.77. The standard InChI is InChI=1S/C20H27BrO/c1-16(2)6-5-7-17(3)12-13-22-20-10-8-19(9-11-20)14-18(4)15-21/h6,8-12,14H,5,7,13,15H2,1-4H3/b17-12+,18-14-. The summed E-state index contributed by atoms with van der Waals surface area (Å²) in [4.78, 5) is 0. The summed E-state index contributed by atoms with van der Waals surface area (Å²) in [6, 6.07) is 8.24. The molecule has 0 aliphatic rings.